The fourth-order valence-electron chi connectivity index (χ4n) is 2.61. The van der Waals surface area contributed by atoms with Crippen molar-refractivity contribution in [2.45, 2.75) is 0 Å². The predicted octanol–water partition coefficient (Wildman–Crippen LogP) is 3.04. The van der Waals surface area contributed by atoms with E-state index < -0.39 is 29.4 Å². The number of halogens is 1. The van der Waals surface area contributed by atoms with Gasteiger partial charge in [-0.25, -0.2) is 9.02 Å². The number of imide groups is 1. The van der Waals surface area contributed by atoms with Crippen LogP contribution in [0.25, 0.3) is 17.1 Å². The smallest absolute Gasteiger partial charge is 0.294 e. The molecule has 1 saturated heterocycles. The molecule has 140 valence electrons. The Balaban J connectivity index is 1.49. The van der Waals surface area contributed by atoms with E-state index in [0.29, 0.717) is 28.5 Å². The van der Waals surface area contributed by atoms with Gasteiger partial charge in [-0.3, -0.25) is 19.3 Å². The molecule has 0 bridgehead atoms. The van der Waals surface area contributed by atoms with Gasteiger partial charge in [0.25, 0.3) is 11.1 Å². The van der Waals surface area contributed by atoms with Crippen LogP contribution in [0.1, 0.15) is 5.56 Å². The predicted molar refractivity (Wildman–Crippen MR) is 99.5 cm³/mol. The van der Waals surface area contributed by atoms with E-state index in [2.05, 4.69) is 20.3 Å². The summed E-state index contributed by atoms with van der Waals surface area (Å²) in [5.74, 6) is -1.76. The number of nitrogens with one attached hydrogen (secondary N) is 1. The lowest BCUT2D eigenvalue weighted by atomic mass is 10.2. The Bertz CT molecular complexity index is 1140. The Morgan fingerprint density at radius 3 is 2.82 bits per heavy atom. The summed E-state index contributed by atoms with van der Waals surface area (Å²) in [4.78, 5) is 37.8. The van der Waals surface area contributed by atoms with Crippen LogP contribution in [0.3, 0.4) is 0 Å². The maximum atomic E-state index is 13.8. The Labute approximate surface area is 161 Å². The molecular weight excluding hydrogens is 387 g/mol. The lowest BCUT2D eigenvalue weighted by Crippen LogP contribution is -2.36. The van der Waals surface area contributed by atoms with Crippen LogP contribution in [0.5, 0.6) is 0 Å². The van der Waals surface area contributed by atoms with Crippen molar-refractivity contribution in [3.63, 3.8) is 0 Å². The highest BCUT2D eigenvalue weighted by atomic mass is 32.2. The number of rotatable bonds is 4. The Morgan fingerprint density at radius 2 is 2.00 bits per heavy atom. The van der Waals surface area contributed by atoms with Crippen LogP contribution in [-0.4, -0.2) is 38.8 Å². The van der Waals surface area contributed by atoms with Gasteiger partial charge in [0, 0.05) is 5.56 Å². The van der Waals surface area contributed by atoms with Crippen LogP contribution in [0.2, 0.25) is 0 Å². The first-order valence-corrected chi connectivity index (χ1v) is 8.85. The molecule has 2 aromatic carbocycles. The maximum Gasteiger partial charge on any atom is 0.294 e. The molecule has 8 nitrogen and oxygen atoms in total. The quantitative estimate of drug-likeness (QED) is 0.674. The maximum absolute atomic E-state index is 13.8. The van der Waals surface area contributed by atoms with Gasteiger partial charge in [-0.1, -0.05) is 24.3 Å². The molecule has 28 heavy (non-hydrogen) atoms. The average Bonchev–Trinajstić information content (AvgIpc) is 3.25. The molecule has 0 atom stereocenters. The summed E-state index contributed by atoms with van der Waals surface area (Å²) in [5.41, 5.74) is 1.33. The van der Waals surface area contributed by atoms with Crippen molar-refractivity contribution >= 4 is 51.6 Å². The molecule has 1 aliphatic rings. The minimum absolute atomic E-state index is 0.0469. The zero-order valence-corrected chi connectivity index (χ0v) is 14.9. The van der Waals surface area contributed by atoms with E-state index in [4.69, 9.17) is 0 Å². The fourth-order valence-corrected chi connectivity index (χ4v) is 3.44. The van der Waals surface area contributed by atoms with Crippen molar-refractivity contribution in [1.82, 2.24) is 15.2 Å². The molecule has 1 aliphatic heterocycles. The Kier molecular flexibility index (Phi) is 4.62. The largest absolute Gasteiger partial charge is 0.322 e. The van der Waals surface area contributed by atoms with Crippen molar-refractivity contribution in [2.24, 2.45) is 0 Å². The van der Waals surface area contributed by atoms with Crippen LogP contribution < -0.4 is 5.32 Å². The van der Waals surface area contributed by atoms with E-state index in [1.54, 1.807) is 24.3 Å². The number of hydrogen-bond acceptors (Lipinski definition) is 7. The molecule has 0 radical (unpaired) electrons. The third-order valence-corrected chi connectivity index (χ3v) is 4.83. The van der Waals surface area contributed by atoms with E-state index in [1.807, 2.05) is 0 Å². The first-order valence-electron chi connectivity index (χ1n) is 8.04. The molecule has 10 heteroatoms. The zero-order chi connectivity index (χ0) is 19.7. The summed E-state index contributed by atoms with van der Waals surface area (Å²) in [5, 5.41) is 9.35. The van der Waals surface area contributed by atoms with E-state index in [0.717, 1.165) is 4.90 Å². The number of hydrogen-bond donors (Lipinski definition) is 1. The number of amides is 3. The fraction of sp³-hybridized carbons (Fsp3) is 0.0556. The number of aromatic nitrogens is 2. The number of nitrogens with zero attached hydrogens (tertiary/aromatic N) is 3. The van der Waals surface area contributed by atoms with Gasteiger partial charge in [-0.15, -0.1) is 0 Å². The highest BCUT2D eigenvalue weighted by Crippen LogP contribution is 2.32. The molecule has 0 unspecified atom stereocenters. The first-order chi connectivity index (χ1) is 13.5. The van der Waals surface area contributed by atoms with Gasteiger partial charge in [0.15, 0.2) is 5.52 Å². The second-order valence-electron chi connectivity index (χ2n) is 5.78. The second kappa shape index (κ2) is 7.24. The van der Waals surface area contributed by atoms with Crippen LogP contribution in [0.4, 0.5) is 14.9 Å². The molecule has 1 N–H and O–H groups in total. The molecule has 2 heterocycles. The van der Waals surface area contributed by atoms with Crippen molar-refractivity contribution < 1.29 is 23.4 Å². The van der Waals surface area contributed by atoms with Crippen molar-refractivity contribution in [3.05, 3.63) is 58.8 Å². The Hall–Kier alpha value is -3.53. The van der Waals surface area contributed by atoms with Crippen LogP contribution >= 0.6 is 11.8 Å². The van der Waals surface area contributed by atoms with E-state index in [1.165, 1.54) is 24.3 Å². The standard InChI is InChI=1S/C18H11FN4O4S/c19-11-5-2-1-4-10(11)8-14-17(25)23(18(26)28-14)9-15(24)20-12-6-3-7-13-16(12)22-27-21-13/h1-8H,9H2,(H,20,24)/b14-8-. The summed E-state index contributed by atoms with van der Waals surface area (Å²) < 4.78 is 18.4. The minimum Gasteiger partial charge on any atom is -0.322 e. The van der Waals surface area contributed by atoms with Crippen molar-refractivity contribution in [2.75, 3.05) is 11.9 Å². The zero-order valence-electron chi connectivity index (χ0n) is 14.1. The van der Waals surface area contributed by atoms with Crippen LogP contribution in [0, 0.1) is 5.82 Å². The lowest BCUT2D eigenvalue weighted by Gasteiger charge is -2.12. The number of carbonyl (C=O) groups excluding carboxylic acids is 3. The van der Waals surface area contributed by atoms with Gasteiger partial charge in [0.05, 0.1) is 10.6 Å². The van der Waals surface area contributed by atoms with Gasteiger partial charge in [0.2, 0.25) is 5.91 Å². The van der Waals surface area contributed by atoms with Gasteiger partial charge in [-0.05, 0) is 46.4 Å². The first kappa shape index (κ1) is 17.9. The minimum atomic E-state index is -0.658. The topological polar surface area (TPSA) is 105 Å². The monoisotopic (exact) mass is 398 g/mol. The highest BCUT2D eigenvalue weighted by molar-refractivity contribution is 8.18. The van der Waals surface area contributed by atoms with Crippen LogP contribution in [-0.2, 0) is 9.59 Å². The molecule has 1 aromatic heterocycles. The van der Waals surface area contributed by atoms with Crippen molar-refractivity contribution in [3.8, 4) is 0 Å². The normalized spacial score (nSPS) is 15.6. The summed E-state index contributed by atoms with van der Waals surface area (Å²) in [6.07, 6.45) is 1.29. The van der Waals surface area contributed by atoms with Crippen LogP contribution in [0.15, 0.2) is 52.0 Å². The molecular formula is C18H11FN4O4S. The van der Waals surface area contributed by atoms with Gasteiger partial charge < -0.3 is 5.32 Å². The molecule has 0 spiro atoms. The summed E-state index contributed by atoms with van der Waals surface area (Å²) >= 11 is 0.652. The summed E-state index contributed by atoms with van der Waals surface area (Å²) in [6.45, 7) is -0.485. The second-order valence-corrected chi connectivity index (χ2v) is 6.77. The summed E-state index contributed by atoms with van der Waals surface area (Å²) in [7, 11) is 0. The lowest BCUT2D eigenvalue weighted by molar-refractivity contribution is -0.127. The van der Waals surface area contributed by atoms with Gasteiger partial charge >= 0.3 is 0 Å². The van der Waals surface area contributed by atoms with Gasteiger partial charge in [0.1, 0.15) is 17.9 Å². The SMILES string of the molecule is O=C(CN1C(=O)S/C(=C\c2ccccc2F)C1=O)Nc1cccc2nonc12. The van der Waals surface area contributed by atoms with E-state index in [-0.39, 0.29) is 10.5 Å². The van der Waals surface area contributed by atoms with Gasteiger partial charge in [-0.2, -0.15) is 0 Å². The van der Waals surface area contributed by atoms with Crippen molar-refractivity contribution in [1.29, 1.82) is 0 Å². The number of anilines is 1. The number of benzene rings is 2. The molecule has 0 aliphatic carbocycles. The molecule has 3 amide bonds. The third kappa shape index (κ3) is 3.37. The van der Waals surface area contributed by atoms with E-state index >= 15 is 0 Å². The Morgan fingerprint density at radius 1 is 1.18 bits per heavy atom. The average molecular weight is 398 g/mol. The van der Waals surface area contributed by atoms with E-state index in [9.17, 15) is 18.8 Å². The number of carbonyl (C=O) groups is 3. The highest BCUT2D eigenvalue weighted by Gasteiger charge is 2.36. The summed E-state index contributed by atoms with van der Waals surface area (Å²) in [6, 6.07) is 10.8. The molecule has 1 fully saturated rings. The number of thioether (sulfide) groups is 1. The molecule has 4 rings (SSSR count). The molecule has 3 aromatic rings. The molecule has 0 saturated carbocycles. The third-order valence-electron chi connectivity index (χ3n) is 3.93. The number of fused-ring (bicyclic) bond motifs is 1.